The number of allylic oxidation sites excluding steroid dienone is 4. The molecule has 0 aromatic carbocycles. The molecule has 4 aliphatic carbocycles. The normalized spacial score (nSPS) is 46.2. The molecule has 4 aliphatic rings. The molecular weight excluding hydrogens is 415 g/mol. The highest BCUT2D eigenvalue weighted by atomic mass is 19.1. The average molecular weight is 451 g/mol. The molecule has 0 aromatic rings. The van der Waals surface area contributed by atoms with Crippen LogP contribution in [-0.2, 0) is 19.1 Å². The van der Waals surface area contributed by atoms with Gasteiger partial charge in [0.1, 0.15) is 12.2 Å². The number of hydrogen-bond acceptors (Lipinski definition) is 6. The predicted octanol–water partition coefficient (Wildman–Crippen LogP) is 3.06. The third-order valence-corrected chi connectivity index (χ3v) is 9.10. The van der Waals surface area contributed by atoms with E-state index in [4.69, 9.17) is 9.47 Å². The SMILES string of the molecule is CCOC(C)OCC(=O)[C@]1(O)CC[C@@H]2[C@@H]3CCC4=CC(=O)C=C[C@]4(C)[C@]3(F)[C@@H](O)C[C@@]21C. The van der Waals surface area contributed by atoms with Crippen molar-refractivity contribution in [2.45, 2.75) is 83.5 Å². The van der Waals surface area contributed by atoms with Crippen LogP contribution in [0, 0.1) is 22.7 Å². The highest BCUT2D eigenvalue weighted by Gasteiger charge is 2.74. The van der Waals surface area contributed by atoms with Crippen LogP contribution in [0.2, 0.25) is 0 Å². The van der Waals surface area contributed by atoms with E-state index in [1.807, 2.05) is 13.8 Å². The first-order valence-electron chi connectivity index (χ1n) is 11.7. The summed E-state index contributed by atoms with van der Waals surface area (Å²) in [5.41, 5.74) is -4.98. The third kappa shape index (κ3) is 3.04. The Hall–Kier alpha value is -1.41. The molecule has 0 bridgehead atoms. The summed E-state index contributed by atoms with van der Waals surface area (Å²) in [4.78, 5) is 25.1. The zero-order chi connectivity index (χ0) is 23.5. The van der Waals surface area contributed by atoms with E-state index in [2.05, 4.69) is 0 Å². The zero-order valence-corrected chi connectivity index (χ0v) is 19.4. The van der Waals surface area contributed by atoms with Crippen LogP contribution < -0.4 is 0 Å². The Morgan fingerprint density at radius 1 is 1.28 bits per heavy atom. The summed E-state index contributed by atoms with van der Waals surface area (Å²) in [6.07, 6.45) is 4.27. The van der Waals surface area contributed by atoms with Crippen molar-refractivity contribution in [2.24, 2.45) is 22.7 Å². The van der Waals surface area contributed by atoms with Crippen molar-refractivity contribution in [1.82, 2.24) is 0 Å². The van der Waals surface area contributed by atoms with Crippen LogP contribution >= 0.6 is 0 Å². The molecule has 1 unspecified atom stereocenters. The van der Waals surface area contributed by atoms with Crippen molar-refractivity contribution in [1.29, 1.82) is 0 Å². The third-order valence-electron chi connectivity index (χ3n) is 9.10. The van der Waals surface area contributed by atoms with Crippen molar-refractivity contribution in [3.05, 3.63) is 23.8 Å². The van der Waals surface area contributed by atoms with Crippen LogP contribution in [0.3, 0.4) is 0 Å². The second-order valence-electron chi connectivity index (χ2n) is 10.4. The molecule has 0 spiro atoms. The van der Waals surface area contributed by atoms with Crippen molar-refractivity contribution >= 4 is 11.6 Å². The van der Waals surface area contributed by atoms with Crippen molar-refractivity contribution in [3.8, 4) is 0 Å². The van der Waals surface area contributed by atoms with E-state index in [9.17, 15) is 19.8 Å². The van der Waals surface area contributed by atoms with Crippen LogP contribution in [-0.4, -0.2) is 58.7 Å². The fourth-order valence-corrected chi connectivity index (χ4v) is 7.27. The standard InChI is InChI=1S/C25H35FO6/c1-5-31-15(2)32-14-21(29)24(30)11-9-18-19-7-6-16-12-17(27)8-10-22(16,3)25(19,26)20(28)13-23(18,24)4/h8,10,12,15,18-20,28,30H,5-7,9,11,13-14H2,1-4H3/t15?,18-,19+,20+,22+,23+,24-,25-/m1/s1. The summed E-state index contributed by atoms with van der Waals surface area (Å²) in [7, 11) is 0. The number of rotatable bonds is 6. The summed E-state index contributed by atoms with van der Waals surface area (Å²) in [5, 5.41) is 22.9. The number of aliphatic hydroxyl groups is 2. The molecule has 0 amide bonds. The molecule has 0 heterocycles. The van der Waals surface area contributed by atoms with E-state index in [0.29, 0.717) is 31.4 Å². The van der Waals surface area contributed by atoms with Gasteiger partial charge in [0.2, 0.25) is 0 Å². The molecule has 2 N–H and O–H groups in total. The van der Waals surface area contributed by atoms with E-state index in [-0.39, 0.29) is 31.1 Å². The van der Waals surface area contributed by atoms with Crippen LogP contribution in [0.4, 0.5) is 4.39 Å². The summed E-state index contributed by atoms with van der Waals surface area (Å²) in [6, 6.07) is 0. The summed E-state index contributed by atoms with van der Waals surface area (Å²) in [6.45, 7) is 7.24. The Kier molecular flexibility index (Phi) is 5.81. The Labute approximate surface area is 188 Å². The number of carbonyl (C=O) groups excluding carboxylic acids is 2. The number of carbonyl (C=O) groups is 2. The predicted molar refractivity (Wildman–Crippen MR) is 115 cm³/mol. The lowest BCUT2D eigenvalue weighted by atomic mass is 9.44. The number of ketones is 2. The monoisotopic (exact) mass is 450 g/mol. The minimum atomic E-state index is -1.97. The van der Waals surface area contributed by atoms with Gasteiger partial charge in [0, 0.05) is 23.4 Å². The van der Waals surface area contributed by atoms with Gasteiger partial charge in [-0.15, -0.1) is 0 Å². The second kappa shape index (κ2) is 7.83. The van der Waals surface area contributed by atoms with Gasteiger partial charge >= 0.3 is 0 Å². The first kappa shape index (κ1) is 23.7. The number of halogens is 1. The van der Waals surface area contributed by atoms with Gasteiger partial charge in [-0.25, -0.2) is 4.39 Å². The highest BCUT2D eigenvalue weighted by Crippen LogP contribution is 2.69. The van der Waals surface area contributed by atoms with Gasteiger partial charge in [0.25, 0.3) is 0 Å². The van der Waals surface area contributed by atoms with Crippen molar-refractivity contribution < 1.29 is 33.7 Å². The Morgan fingerprint density at radius 3 is 2.69 bits per heavy atom. The Morgan fingerprint density at radius 2 is 2.00 bits per heavy atom. The molecule has 7 heteroatoms. The molecule has 3 fully saturated rings. The topological polar surface area (TPSA) is 93.1 Å². The zero-order valence-electron chi connectivity index (χ0n) is 19.4. The fraction of sp³-hybridized carbons (Fsp3) is 0.760. The second-order valence-corrected chi connectivity index (χ2v) is 10.4. The molecule has 8 atom stereocenters. The molecule has 3 saturated carbocycles. The maximum Gasteiger partial charge on any atom is 0.190 e. The fourth-order valence-electron chi connectivity index (χ4n) is 7.27. The summed E-state index contributed by atoms with van der Waals surface area (Å²) >= 11 is 0. The van der Waals surface area contributed by atoms with Crippen LogP contribution in [0.1, 0.15) is 59.8 Å². The minimum Gasteiger partial charge on any atom is -0.390 e. The first-order chi connectivity index (χ1) is 14.9. The van der Waals surface area contributed by atoms with Gasteiger partial charge in [-0.2, -0.15) is 0 Å². The van der Waals surface area contributed by atoms with E-state index in [1.165, 1.54) is 12.2 Å². The minimum absolute atomic E-state index is 0.0292. The number of Topliss-reactive ketones (excluding diaryl/α,β-unsaturated/α-hetero) is 1. The molecule has 4 rings (SSSR count). The number of aliphatic hydroxyl groups excluding tert-OH is 1. The molecule has 0 saturated heterocycles. The smallest absolute Gasteiger partial charge is 0.190 e. The quantitative estimate of drug-likeness (QED) is 0.604. The molecule has 32 heavy (non-hydrogen) atoms. The number of alkyl halides is 1. The van der Waals surface area contributed by atoms with Gasteiger partial charge in [-0.1, -0.05) is 18.6 Å². The first-order valence-corrected chi connectivity index (χ1v) is 11.7. The van der Waals surface area contributed by atoms with Gasteiger partial charge in [-0.3, -0.25) is 9.59 Å². The van der Waals surface area contributed by atoms with Crippen LogP contribution in [0.15, 0.2) is 23.8 Å². The van der Waals surface area contributed by atoms with E-state index in [0.717, 1.165) is 0 Å². The Bertz CT molecular complexity index is 868. The maximum atomic E-state index is 17.0. The van der Waals surface area contributed by atoms with Crippen LogP contribution in [0.5, 0.6) is 0 Å². The summed E-state index contributed by atoms with van der Waals surface area (Å²) < 4.78 is 27.8. The molecule has 0 radical (unpaired) electrons. The maximum absolute atomic E-state index is 17.0. The molecule has 178 valence electrons. The number of hydrogen-bond donors (Lipinski definition) is 2. The van der Waals surface area contributed by atoms with Crippen molar-refractivity contribution in [3.63, 3.8) is 0 Å². The van der Waals surface area contributed by atoms with Gasteiger partial charge in [0.15, 0.2) is 23.5 Å². The highest BCUT2D eigenvalue weighted by molar-refractivity contribution is 6.01. The van der Waals surface area contributed by atoms with Gasteiger partial charge < -0.3 is 19.7 Å². The van der Waals surface area contributed by atoms with Crippen molar-refractivity contribution in [2.75, 3.05) is 13.2 Å². The largest absolute Gasteiger partial charge is 0.390 e. The number of ether oxygens (including phenoxy) is 2. The number of fused-ring (bicyclic) bond motifs is 5. The van der Waals surface area contributed by atoms with Gasteiger partial charge in [-0.05, 0) is 70.9 Å². The summed E-state index contributed by atoms with van der Waals surface area (Å²) in [5.74, 6) is -1.39. The lowest BCUT2D eigenvalue weighted by molar-refractivity contribution is -0.219. The molecular formula is C25H35FO6. The molecule has 6 nitrogen and oxygen atoms in total. The molecule has 0 aliphatic heterocycles. The van der Waals surface area contributed by atoms with Crippen LogP contribution in [0.25, 0.3) is 0 Å². The lowest BCUT2D eigenvalue weighted by Crippen LogP contribution is -2.69. The Balaban J connectivity index is 1.64. The van der Waals surface area contributed by atoms with E-state index >= 15 is 4.39 Å². The molecule has 0 aromatic heterocycles. The lowest BCUT2D eigenvalue weighted by Gasteiger charge is -2.62. The average Bonchev–Trinajstić information content (AvgIpc) is 3.00. The van der Waals surface area contributed by atoms with Gasteiger partial charge in [0.05, 0.1) is 6.10 Å². The van der Waals surface area contributed by atoms with E-state index in [1.54, 1.807) is 19.9 Å². The van der Waals surface area contributed by atoms with E-state index < -0.39 is 46.2 Å².